The second-order valence-electron chi connectivity index (χ2n) is 8.47. The van der Waals surface area contributed by atoms with Crippen molar-refractivity contribution >= 4 is 16.8 Å². The molecule has 0 aliphatic carbocycles. The molecule has 0 saturated carbocycles. The molecule has 6 nitrogen and oxygen atoms in total. The Labute approximate surface area is 198 Å². The van der Waals surface area contributed by atoms with E-state index in [1.807, 2.05) is 30.3 Å². The Balaban J connectivity index is 1.21. The van der Waals surface area contributed by atoms with Crippen LogP contribution in [0.2, 0.25) is 0 Å². The first-order valence-electron chi connectivity index (χ1n) is 11.3. The van der Waals surface area contributed by atoms with Crippen LogP contribution in [-0.2, 0) is 6.54 Å². The molecule has 6 heteroatoms. The molecule has 34 heavy (non-hydrogen) atoms. The summed E-state index contributed by atoms with van der Waals surface area (Å²) in [6.45, 7) is 2.70. The molecule has 0 radical (unpaired) electrons. The van der Waals surface area contributed by atoms with Gasteiger partial charge in [0.25, 0.3) is 5.91 Å². The lowest BCUT2D eigenvalue weighted by Gasteiger charge is -2.16. The quantitative estimate of drug-likeness (QED) is 0.454. The average Bonchev–Trinajstić information content (AvgIpc) is 3.31. The van der Waals surface area contributed by atoms with Crippen molar-refractivity contribution in [3.63, 3.8) is 0 Å². The van der Waals surface area contributed by atoms with Crippen molar-refractivity contribution in [3.05, 3.63) is 102 Å². The summed E-state index contributed by atoms with van der Waals surface area (Å²) in [7, 11) is 0. The van der Waals surface area contributed by atoms with Gasteiger partial charge in [-0.05, 0) is 60.5 Å². The zero-order valence-electron chi connectivity index (χ0n) is 18.6. The molecular weight excluding hydrogens is 424 g/mol. The Hall–Kier alpha value is -4.21. The van der Waals surface area contributed by atoms with E-state index in [2.05, 4.69) is 45.5 Å². The third kappa shape index (κ3) is 5.06. The molecule has 168 valence electrons. The summed E-state index contributed by atoms with van der Waals surface area (Å²) in [5, 5.41) is 12.9. The molecule has 1 amide bonds. The van der Waals surface area contributed by atoms with E-state index in [0.717, 1.165) is 37.0 Å². The molecule has 0 spiro atoms. The smallest absolute Gasteiger partial charge is 0.270 e. The fraction of sp³-hybridized carbons (Fsp3) is 0.179. The Kier molecular flexibility index (Phi) is 6.19. The maximum atomic E-state index is 12.8. The van der Waals surface area contributed by atoms with Crippen molar-refractivity contribution in [2.45, 2.75) is 19.0 Å². The number of amides is 1. The Morgan fingerprint density at radius 2 is 1.82 bits per heavy atom. The molecule has 2 heterocycles. The van der Waals surface area contributed by atoms with E-state index in [9.17, 15) is 4.79 Å². The zero-order valence-corrected chi connectivity index (χ0v) is 18.6. The fourth-order valence-electron chi connectivity index (χ4n) is 4.22. The molecule has 1 fully saturated rings. The molecule has 1 aliphatic rings. The predicted octanol–water partition coefficient (Wildman–Crippen LogP) is 4.90. The third-order valence-corrected chi connectivity index (χ3v) is 5.97. The molecule has 1 atom stereocenters. The SMILES string of the molecule is N#Cc1ccc(Oc2ccc3nc(C(=O)NC4CCN(Cc5ccccc5)C4)ccc3c2)cc1. The lowest BCUT2D eigenvalue weighted by atomic mass is 10.1. The van der Waals surface area contributed by atoms with Crippen LogP contribution in [0.3, 0.4) is 0 Å². The van der Waals surface area contributed by atoms with Crippen LogP contribution in [0.15, 0.2) is 84.9 Å². The molecule has 1 aliphatic heterocycles. The summed E-state index contributed by atoms with van der Waals surface area (Å²) < 4.78 is 5.88. The summed E-state index contributed by atoms with van der Waals surface area (Å²) in [4.78, 5) is 19.8. The number of nitrogens with one attached hydrogen (secondary N) is 1. The molecule has 1 saturated heterocycles. The molecule has 1 aromatic heterocycles. The molecule has 1 N–H and O–H groups in total. The zero-order chi connectivity index (χ0) is 23.3. The van der Waals surface area contributed by atoms with E-state index in [1.54, 1.807) is 30.3 Å². The first-order chi connectivity index (χ1) is 16.7. The number of benzene rings is 3. The molecule has 5 rings (SSSR count). The van der Waals surface area contributed by atoms with Crippen LogP contribution >= 0.6 is 0 Å². The predicted molar refractivity (Wildman–Crippen MR) is 131 cm³/mol. The largest absolute Gasteiger partial charge is 0.457 e. The van der Waals surface area contributed by atoms with Gasteiger partial charge in [-0.1, -0.05) is 36.4 Å². The van der Waals surface area contributed by atoms with Gasteiger partial charge in [0.05, 0.1) is 17.1 Å². The number of hydrogen-bond donors (Lipinski definition) is 1. The monoisotopic (exact) mass is 448 g/mol. The number of nitriles is 1. The van der Waals surface area contributed by atoms with Gasteiger partial charge in [0.15, 0.2) is 0 Å². The van der Waals surface area contributed by atoms with Gasteiger partial charge >= 0.3 is 0 Å². The summed E-state index contributed by atoms with van der Waals surface area (Å²) >= 11 is 0. The van der Waals surface area contributed by atoms with Gasteiger partial charge in [-0.15, -0.1) is 0 Å². The number of carbonyl (C=O) groups is 1. The lowest BCUT2D eigenvalue weighted by molar-refractivity contribution is 0.0933. The summed E-state index contributed by atoms with van der Waals surface area (Å²) in [6.07, 6.45) is 0.933. The number of nitrogens with zero attached hydrogens (tertiary/aromatic N) is 3. The standard InChI is InChI=1S/C28H24N4O2/c29-17-20-6-9-24(10-7-20)34-25-11-13-26-22(16-25)8-12-27(31-26)28(33)30-23-14-15-32(19-23)18-21-4-2-1-3-5-21/h1-13,16,23H,14-15,18-19H2,(H,30,33). The molecule has 1 unspecified atom stereocenters. The first kappa shape index (κ1) is 21.6. The molecular formula is C28H24N4O2. The number of pyridine rings is 1. The van der Waals surface area contributed by atoms with E-state index >= 15 is 0 Å². The van der Waals surface area contributed by atoms with Crippen LogP contribution in [0.5, 0.6) is 11.5 Å². The maximum Gasteiger partial charge on any atom is 0.270 e. The molecule has 0 bridgehead atoms. The highest BCUT2D eigenvalue weighted by molar-refractivity contribution is 5.95. The Morgan fingerprint density at radius 3 is 2.62 bits per heavy atom. The lowest BCUT2D eigenvalue weighted by Crippen LogP contribution is -2.37. The molecule has 4 aromatic rings. The number of aromatic nitrogens is 1. The number of ether oxygens (including phenoxy) is 1. The van der Waals surface area contributed by atoms with Crippen LogP contribution in [0, 0.1) is 11.3 Å². The second kappa shape index (κ2) is 9.74. The Morgan fingerprint density at radius 1 is 1.03 bits per heavy atom. The van der Waals surface area contributed by atoms with Crippen molar-refractivity contribution in [3.8, 4) is 17.6 Å². The van der Waals surface area contributed by atoms with Crippen molar-refractivity contribution in [1.82, 2.24) is 15.2 Å². The van der Waals surface area contributed by atoms with Crippen molar-refractivity contribution < 1.29 is 9.53 Å². The summed E-state index contributed by atoms with van der Waals surface area (Å²) in [6, 6.07) is 28.8. The van der Waals surface area contributed by atoms with Crippen LogP contribution in [0.25, 0.3) is 10.9 Å². The minimum Gasteiger partial charge on any atom is -0.457 e. The third-order valence-electron chi connectivity index (χ3n) is 5.97. The van der Waals surface area contributed by atoms with Crippen molar-refractivity contribution in [2.24, 2.45) is 0 Å². The Bertz CT molecular complexity index is 1350. The van der Waals surface area contributed by atoms with Crippen LogP contribution in [0.1, 0.15) is 28.0 Å². The van der Waals surface area contributed by atoms with Crippen LogP contribution in [-0.4, -0.2) is 34.9 Å². The van der Waals surface area contributed by atoms with Gasteiger partial charge in [0.1, 0.15) is 17.2 Å². The maximum absolute atomic E-state index is 12.8. The van der Waals surface area contributed by atoms with Gasteiger partial charge in [-0.3, -0.25) is 9.69 Å². The van der Waals surface area contributed by atoms with Crippen LogP contribution < -0.4 is 10.1 Å². The van der Waals surface area contributed by atoms with Crippen molar-refractivity contribution in [1.29, 1.82) is 5.26 Å². The van der Waals surface area contributed by atoms with Crippen LogP contribution in [0.4, 0.5) is 0 Å². The van der Waals surface area contributed by atoms with E-state index in [0.29, 0.717) is 22.8 Å². The number of carbonyl (C=O) groups excluding carboxylic acids is 1. The topological polar surface area (TPSA) is 78.2 Å². The highest BCUT2D eigenvalue weighted by atomic mass is 16.5. The number of fused-ring (bicyclic) bond motifs is 1. The summed E-state index contributed by atoms with van der Waals surface area (Å²) in [5.41, 5.74) is 3.02. The van der Waals surface area contributed by atoms with Gasteiger partial charge in [-0.25, -0.2) is 4.98 Å². The highest BCUT2D eigenvalue weighted by Gasteiger charge is 2.24. The minimum atomic E-state index is -0.147. The highest BCUT2D eigenvalue weighted by Crippen LogP contribution is 2.25. The van der Waals surface area contributed by atoms with Gasteiger partial charge in [0.2, 0.25) is 0 Å². The second-order valence-corrected chi connectivity index (χ2v) is 8.47. The van der Waals surface area contributed by atoms with Gasteiger partial charge < -0.3 is 10.1 Å². The number of hydrogen-bond acceptors (Lipinski definition) is 5. The minimum absolute atomic E-state index is 0.122. The summed E-state index contributed by atoms with van der Waals surface area (Å²) in [5.74, 6) is 1.17. The number of rotatable bonds is 6. The van der Waals surface area contributed by atoms with E-state index < -0.39 is 0 Å². The van der Waals surface area contributed by atoms with Crippen molar-refractivity contribution in [2.75, 3.05) is 13.1 Å². The normalized spacial score (nSPS) is 15.7. The first-order valence-corrected chi connectivity index (χ1v) is 11.3. The van der Waals surface area contributed by atoms with Gasteiger partial charge in [0, 0.05) is 31.1 Å². The number of likely N-dealkylation sites (tertiary alicyclic amines) is 1. The van der Waals surface area contributed by atoms with E-state index in [4.69, 9.17) is 10.00 Å². The van der Waals surface area contributed by atoms with E-state index in [1.165, 1.54) is 5.56 Å². The average molecular weight is 449 g/mol. The van der Waals surface area contributed by atoms with Gasteiger partial charge in [-0.2, -0.15) is 5.26 Å². The fourth-order valence-corrected chi connectivity index (χ4v) is 4.22. The van der Waals surface area contributed by atoms with E-state index in [-0.39, 0.29) is 11.9 Å². The molecule has 3 aromatic carbocycles.